The molecule has 1 atom stereocenters. The van der Waals surface area contributed by atoms with Gasteiger partial charge in [0.05, 0.1) is 6.10 Å². The number of ether oxygens (including phenoxy) is 2. The van der Waals surface area contributed by atoms with Crippen LogP contribution in [0, 0.1) is 0 Å². The highest BCUT2D eigenvalue weighted by Crippen LogP contribution is 2.47. The Morgan fingerprint density at radius 3 is 2.73 bits per heavy atom. The van der Waals surface area contributed by atoms with Gasteiger partial charge in [-0.3, -0.25) is 4.79 Å². The molecule has 2 aliphatic rings. The van der Waals surface area contributed by atoms with Crippen LogP contribution >= 0.6 is 0 Å². The van der Waals surface area contributed by atoms with E-state index in [1.807, 2.05) is 30.3 Å². The topological polar surface area (TPSA) is 47.6 Å². The summed E-state index contributed by atoms with van der Waals surface area (Å²) in [7, 11) is 0. The normalized spacial score (nSPS) is 20.5. The Kier molecular flexibility index (Phi) is 4.93. The Morgan fingerprint density at radius 1 is 1.15 bits per heavy atom. The van der Waals surface area contributed by atoms with Gasteiger partial charge in [0.25, 0.3) is 5.91 Å². The van der Waals surface area contributed by atoms with E-state index >= 15 is 0 Å². The third kappa shape index (κ3) is 3.91. The summed E-state index contributed by atoms with van der Waals surface area (Å²) in [6.07, 6.45) is 4.57. The molecule has 1 saturated heterocycles. The van der Waals surface area contributed by atoms with E-state index < -0.39 is 0 Å². The van der Waals surface area contributed by atoms with Gasteiger partial charge in [-0.05, 0) is 49.4 Å². The van der Waals surface area contributed by atoms with Crippen molar-refractivity contribution < 1.29 is 14.3 Å². The molecule has 1 N–H and O–H groups in total. The molecule has 1 unspecified atom stereocenters. The fourth-order valence-corrected chi connectivity index (χ4v) is 3.55. The molecular weight excluding hydrogens is 326 g/mol. The maximum atomic E-state index is 12.6. The molecule has 4 heteroatoms. The molecule has 0 radical (unpaired) electrons. The van der Waals surface area contributed by atoms with E-state index in [0.29, 0.717) is 18.7 Å². The molecule has 4 nitrogen and oxygen atoms in total. The van der Waals surface area contributed by atoms with Gasteiger partial charge < -0.3 is 14.8 Å². The molecule has 2 aromatic carbocycles. The zero-order valence-electron chi connectivity index (χ0n) is 14.9. The Morgan fingerprint density at radius 2 is 2.00 bits per heavy atom. The van der Waals surface area contributed by atoms with Gasteiger partial charge in [-0.1, -0.05) is 36.4 Å². The van der Waals surface area contributed by atoms with Crippen LogP contribution in [0.15, 0.2) is 54.6 Å². The van der Waals surface area contributed by atoms with Crippen LogP contribution in [0.2, 0.25) is 0 Å². The zero-order chi connectivity index (χ0) is 17.8. The first-order valence-corrected chi connectivity index (χ1v) is 9.43. The molecule has 2 aromatic rings. The van der Waals surface area contributed by atoms with E-state index in [1.54, 1.807) is 0 Å². The highest BCUT2D eigenvalue weighted by atomic mass is 16.5. The molecular formula is C22H25NO3. The summed E-state index contributed by atoms with van der Waals surface area (Å²) in [4.78, 5) is 12.6. The van der Waals surface area contributed by atoms with Crippen LogP contribution in [0.25, 0.3) is 0 Å². The molecule has 1 heterocycles. The van der Waals surface area contributed by atoms with Crippen molar-refractivity contribution >= 4 is 5.91 Å². The zero-order valence-corrected chi connectivity index (χ0v) is 14.9. The molecule has 0 spiro atoms. The molecule has 4 rings (SSSR count). The summed E-state index contributed by atoms with van der Waals surface area (Å²) >= 11 is 0. The molecule has 1 aliphatic carbocycles. The Labute approximate surface area is 154 Å². The SMILES string of the molecule is O=C(NCC1(c2ccccc2)CC1)c1cccc(OCC2CCCO2)c1. The first-order valence-electron chi connectivity index (χ1n) is 9.43. The van der Waals surface area contributed by atoms with Crippen molar-refractivity contribution in [2.24, 2.45) is 0 Å². The van der Waals surface area contributed by atoms with E-state index in [2.05, 4.69) is 29.6 Å². The van der Waals surface area contributed by atoms with E-state index in [0.717, 1.165) is 38.0 Å². The van der Waals surface area contributed by atoms with Crippen LogP contribution in [-0.4, -0.2) is 31.8 Å². The largest absolute Gasteiger partial charge is 0.491 e. The number of hydrogen-bond acceptors (Lipinski definition) is 3. The number of rotatable bonds is 7. The van der Waals surface area contributed by atoms with Crippen molar-refractivity contribution in [3.8, 4) is 5.75 Å². The number of hydrogen-bond donors (Lipinski definition) is 1. The van der Waals surface area contributed by atoms with Gasteiger partial charge in [-0.2, -0.15) is 0 Å². The molecule has 136 valence electrons. The first-order chi connectivity index (χ1) is 12.8. The lowest BCUT2D eigenvalue weighted by atomic mass is 9.96. The average molecular weight is 351 g/mol. The monoisotopic (exact) mass is 351 g/mol. The summed E-state index contributed by atoms with van der Waals surface area (Å²) in [6.45, 7) is 2.04. The molecule has 0 aromatic heterocycles. The minimum absolute atomic E-state index is 0.0465. The minimum atomic E-state index is -0.0465. The van der Waals surface area contributed by atoms with Gasteiger partial charge >= 0.3 is 0 Å². The average Bonchev–Trinajstić information content (AvgIpc) is 3.31. The lowest BCUT2D eigenvalue weighted by molar-refractivity contribution is 0.0679. The smallest absolute Gasteiger partial charge is 0.251 e. The van der Waals surface area contributed by atoms with Crippen molar-refractivity contribution in [1.82, 2.24) is 5.32 Å². The van der Waals surface area contributed by atoms with Crippen molar-refractivity contribution in [3.63, 3.8) is 0 Å². The summed E-state index contributed by atoms with van der Waals surface area (Å²) in [5.41, 5.74) is 2.07. The van der Waals surface area contributed by atoms with Gasteiger partial charge in [-0.15, -0.1) is 0 Å². The van der Waals surface area contributed by atoms with E-state index in [4.69, 9.17) is 9.47 Å². The van der Waals surface area contributed by atoms with E-state index in [1.165, 1.54) is 5.56 Å². The Bertz CT molecular complexity index is 749. The predicted molar refractivity (Wildman–Crippen MR) is 101 cm³/mol. The van der Waals surface area contributed by atoms with Gasteiger partial charge in [0.1, 0.15) is 12.4 Å². The molecule has 1 aliphatic heterocycles. The lowest BCUT2D eigenvalue weighted by Gasteiger charge is -2.17. The molecule has 0 bridgehead atoms. The Hall–Kier alpha value is -2.33. The van der Waals surface area contributed by atoms with Crippen LogP contribution in [-0.2, 0) is 10.2 Å². The van der Waals surface area contributed by atoms with Gasteiger partial charge in [-0.25, -0.2) is 0 Å². The third-order valence-corrected chi connectivity index (χ3v) is 5.38. The van der Waals surface area contributed by atoms with Crippen LogP contribution in [0.4, 0.5) is 0 Å². The highest BCUT2D eigenvalue weighted by Gasteiger charge is 2.44. The van der Waals surface area contributed by atoms with Crippen molar-refractivity contribution in [1.29, 1.82) is 0 Å². The number of benzene rings is 2. The number of carbonyl (C=O) groups is 1. The van der Waals surface area contributed by atoms with Crippen LogP contribution in [0.3, 0.4) is 0 Å². The van der Waals surface area contributed by atoms with E-state index in [-0.39, 0.29) is 17.4 Å². The van der Waals surface area contributed by atoms with Gasteiger partial charge in [0.2, 0.25) is 0 Å². The number of amides is 1. The molecule has 26 heavy (non-hydrogen) atoms. The quantitative estimate of drug-likeness (QED) is 0.827. The molecule has 1 saturated carbocycles. The highest BCUT2D eigenvalue weighted by molar-refractivity contribution is 5.94. The molecule has 1 amide bonds. The van der Waals surface area contributed by atoms with E-state index in [9.17, 15) is 4.79 Å². The van der Waals surface area contributed by atoms with Crippen LogP contribution in [0.5, 0.6) is 5.75 Å². The second-order valence-electron chi connectivity index (χ2n) is 7.30. The minimum Gasteiger partial charge on any atom is -0.491 e. The second-order valence-corrected chi connectivity index (χ2v) is 7.30. The van der Waals surface area contributed by atoms with Gasteiger partial charge in [0, 0.05) is 24.1 Å². The lowest BCUT2D eigenvalue weighted by Crippen LogP contribution is -2.32. The summed E-state index contributed by atoms with van der Waals surface area (Å²) < 4.78 is 11.4. The second kappa shape index (κ2) is 7.50. The maximum absolute atomic E-state index is 12.6. The maximum Gasteiger partial charge on any atom is 0.251 e. The summed E-state index contributed by atoms with van der Waals surface area (Å²) in [5.74, 6) is 0.673. The number of nitrogens with one attached hydrogen (secondary N) is 1. The summed E-state index contributed by atoms with van der Waals surface area (Å²) in [5, 5.41) is 3.11. The standard InChI is InChI=1S/C22H25NO3/c24-21(23-16-22(11-12-22)18-7-2-1-3-8-18)17-6-4-9-19(14-17)26-15-20-10-5-13-25-20/h1-4,6-9,14,20H,5,10-13,15-16H2,(H,23,24). The fraction of sp³-hybridized carbons (Fsp3) is 0.409. The predicted octanol–water partition coefficient (Wildman–Crippen LogP) is 3.71. The fourth-order valence-electron chi connectivity index (χ4n) is 3.55. The van der Waals surface area contributed by atoms with Crippen molar-refractivity contribution in [2.75, 3.05) is 19.8 Å². The molecule has 2 fully saturated rings. The van der Waals surface area contributed by atoms with Gasteiger partial charge in [0.15, 0.2) is 0 Å². The van der Waals surface area contributed by atoms with Crippen LogP contribution in [0.1, 0.15) is 41.6 Å². The van der Waals surface area contributed by atoms with Crippen molar-refractivity contribution in [3.05, 3.63) is 65.7 Å². The van der Waals surface area contributed by atoms with Crippen LogP contribution < -0.4 is 10.1 Å². The number of carbonyl (C=O) groups excluding carboxylic acids is 1. The summed E-state index contributed by atoms with van der Waals surface area (Å²) in [6, 6.07) is 17.8. The van der Waals surface area contributed by atoms with Crippen molar-refractivity contribution in [2.45, 2.75) is 37.2 Å². The Balaban J connectivity index is 1.34. The first kappa shape index (κ1) is 17.1. The third-order valence-electron chi connectivity index (χ3n) is 5.38.